The molecule has 0 bridgehead atoms. The van der Waals surface area contributed by atoms with Crippen LogP contribution in [0.5, 0.6) is 5.75 Å². The standard InChI is InChI=1S/C17H19Cl2N3OS/c18-14-3-4-15(23)16(17(14)19)11-5-7-21-12(8-11)9-22-24-13-2-1-6-20-10-13/h1-4,6,10-12,21-23H,5,7-9H2. The molecule has 7 heteroatoms. The molecule has 1 aromatic heterocycles. The molecule has 3 N–H and O–H groups in total. The first-order valence-electron chi connectivity index (χ1n) is 7.85. The molecule has 3 rings (SSSR count). The monoisotopic (exact) mass is 383 g/mol. The van der Waals surface area contributed by atoms with Crippen LogP contribution < -0.4 is 10.0 Å². The first-order chi connectivity index (χ1) is 11.6. The molecule has 2 heterocycles. The van der Waals surface area contributed by atoms with E-state index in [-0.39, 0.29) is 11.7 Å². The van der Waals surface area contributed by atoms with Gasteiger partial charge >= 0.3 is 0 Å². The van der Waals surface area contributed by atoms with Crippen molar-refractivity contribution in [1.29, 1.82) is 0 Å². The zero-order valence-corrected chi connectivity index (χ0v) is 15.3. The molecule has 1 aromatic carbocycles. The minimum atomic E-state index is 0.202. The number of piperidine rings is 1. The molecule has 0 spiro atoms. The van der Waals surface area contributed by atoms with E-state index in [1.54, 1.807) is 30.3 Å². The van der Waals surface area contributed by atoms with E-state index in [4.69, 9.17) is 23.2 Å². The number of aromatic hydroxyl groups is 1. The van der Waals surface area contributed by atoms with Gasteiger partial charge in [0.05, 0.1) is 10.0 Å². The Morgan fingerprint density at radius 1 is 1.33 bits per heavy atom. The van der Waals surface area contributed by atoms with Gasteiger partial charge in [-0.25, -0.2) is 0 Å². The molecule has 0 amide bonds. The number of nitrogens with one attached hydrogen (secondary N) is 2. The molecule has 4 nitrogen and oxygen atoms in total. The molecule has 1 aliphatic heterocycles. The van der Waals surface area contributed by atoms with Crippen LogP contribution >= 0.6 is 35.1 Å². The van der Waals surface area contributed by atoms with Crippen LogP contribution in [0.3, 0.4) is 0 Å². The highest BCUT2D eigenvalue weighted by Crippen LogP contribution is 2.41. The van der Waals surface area contributed by atoms with E-state index in [9.17, 15) is 5.11 Å². The zero-order chi connectivity index (χ0) is 16.9. The van der Waals surface area contributed by atoms with Crippen molar-refractivity contribution in [2.24, 2.45) is 0 Å². The lowest BCUT2D eigenvalue weighted by Gasteiger charge is -2.31. The Kier molecular flexibility index (Phi) is 6.25. The highest BCUT2D eigenvalue weighted by molar-refractivity contribution is 7.97. The van der Waals surface area contributed by atoms with Crippen LogP contribution in [-0.2, 0) is 0 Å². The predicted octanol–water partition coefficient (Wildman–Crippen LogP) is 4.23. The van der Waals surface area contributed by atoms with Gasteiger partial charge < -0.3 is 10.4 Å². The van der Waals surface area contributed by atoms with Gasteiger partial charge in [-0.1, -0.05) is 23.2 Å². The number of halogens is 2. The molecule has 128 valence electrons. The average Bonchev–Trinajstić information content (AvgIpc) is 2.60. The lowest BCUT2D eigenvalue weighted by Crippen LogP contribution is -2.42. The number of pyridine rings is 1. The summed E-state index contributed by atoms with van der Waals surface area (Å²) in [6.45, 7) is 1.70. The maximum absolute atomic E-state index is 10.2. The lowest BCUT2D eigenvalue weighted by atomic mass is 9.86. The molecular weight excluding hydrogens is 365 g/mol. The van der Waals surface area contributed by atoms with Gasteiger partial charge in [-0.05, 0) is 61.5 Å². The molecule has 2 atom stereocenters. The Bertz CT molecular complexity index is 687. The van der Waals surface area contributed by atoms with Crippen LogP contribution in [0, 0.1) is 0 Å². The van der Waals surface area contributed by atoms with Crippen molar-refractivity contribution in [3.05, 3.63) is 52.3 Å². The number of phenols is 1. The van der Waals surface area contributed by atoms with Crippen LogP contribution in [-0.4, -0.2) is 29.2 Å². The minimum Gasteiger partial charge on any atom is -0.508 e. The van der Waals surface area contributed by atoms with Crippen molar-refractivity contribution < 1.29 is 5.11 Å². The first kappa shape index (κ1) is 17.8. The average molecular weight is 384 g/mol. The van der Waals surface area contributed by atoms with Gasteiger partial charge in [0.15, 0.2) is 0 Å². The van der Waals surface area contributed by atoms with Crippen LogP contribution in [0.15, 0.2) is 41.6 Å². The van der Waals surface area contributed by atoms with Crippen molar-refractivity contribution in [2.75, 3.05) is 13.1 Å². The largest absolute Gasteiger partial charge is 0.508 e. The number of aromatic nitrogens is 1. The van der Waals surface area contributed by atoms with Gasteiger partial charge in [0.25, 0.3) is 0 Å². The van der Waals surface area contributed by atoms with E-state index in [1.807, 2.05) is 18.3 Å². The second-order valence-corrected chi connectivity index (χ2v) is 7.56. The topological polar surface area (TPSA) is 57.2 Å². The zero-order valence-electron chi connectivity index (χ0n) is 13.0. The normalized spacial score (nSPS) is 20.9. The molecule has 1 aliphatic rings. The Labute approximate surface area is 156 Å². The van der Waals surface area contributed by atoms with E-state index in [0.717, 1.165) is 36.4 Å². The van der Waals surface area contributed by atoms with Gasteiger partial charge in [-0.2, -0.15) is 0 Å². The summed E-state index contributed by atoms with van der Waals surface area (Å²) < 4.78 is 3.38. The van der Waals surface area contributed by atoms with Crippen LogP contribution in [0.2, 0.25) is 10.0 Å². The van der Waals surface area contributed by atoms with E-state index >= 15 is 0 Å². The highest BCUT2D eigenvalue weighted by atomic mass is 35.5. The van der Waals surface area contributed by atoms with Crippen LogP contribution in [0.25, 0.3) is 0 Å². The number of hydrogen-bond acceptors (Lipinski definition) is 5. The van der Waals surface area contributed by atoms with E-state index in [0.29, 0.717) is 16.1 Å². The third kappa shape index (κ3) is 4.35. The van der Waals surface area contributed by atoms with Crippen molar-refractivity contribution in [1.82, 2.24) is 15.0 Å². The van der Waals surface area contributed by atoms with Crippen LogP contribution in [0.4, 0.5) is 0 Å². The summed E-state index contributed by atoms with van der Waals surface area (Å²) in [5.74, 6) is 0.431. The fraction of sp³-hybridized carbons (Fsp3) is 0.353. The molecule has 1 saturated heterocycles. The summed E-state index contributed by atoms with van der Waals surface area (Å²) in [5.41, 5.74) is 0.774. The SMILES string of the molecule is Oc1ccc(Cl)c(Cl)c1C1CCNC(CNSc2cccnc2)C1. The molecule has 24 heavy (non-hydrogen) atoms. The Morgan fingerprint density at radius 2 is 2.21 bits per heavy atom. The van der Waals surface area contributed by atoms with Crippen LogP contribution in [0.1, 0.15) is 24.3 Å². The highest BCUT2D eigenvalue weighted by Gasteiger charge is 2.27. The second-order valence-electron chi connectivity index (χ2n) is 5.81. The van der Waals surface area contributed by atoms with Crippen molar-refractivity contribution in [2.45, 2.75) is 29.7 Å². The second kappa shape index (κ2) is 8.41. The molecule has 2 unspecified atom stereocenters. The number of phenolic OH excluding ortho intramolecular Hbond substituents is 1. The summed E-state index contributed by atoms with van der Waals surface area (Å²) in [7, 11) is 0. The maximum Gasteiger partial charge on any atom is 0.120 e. The van der Waals surface area contributed by atoms with Gasteiger partial charge in [-0.15, -0.1) is 0 Å². The maximum atomic E-state index is 10.2. The smallest absolute Gasteiger partial charge is 0.120 e. The molecule has 0 radical (unpaired) electrons. The van der Waals surface area contributed by atoms with E-state index in [1.165, 1.54) is 0 Å². The fourth-order valence-corrected chi connectivity index (χ4v) is 4.19. The van der Waals surface area contributed by atoms with Crippen molar-refractivity contribution in [3.63, 3.8) is 0 Å². The molecular formula is C17H19Cl2N3OS. The fourth-order valence-electron chi connectivity index (χ4n) is 3.00. The van der Waals surface area contributed by atoms with E-state index < -0.39 is 0 Å². The van der Waals surface area contributed by atoms with E-state index in [2.05, 4.69) is 15.0 Å². The minimum absolute atomic E-state index is 0.202. The third-order valence-electron chi connectivity index (χ3n) is 4.17. The summed E-state index contributed by atoms with van der Waals surface area (Å²) in [6, 6.07) is 7.50. The Morgan fingerprint density at radius 3 is 3.00 bits per heavy atom. The number of benzene rings is 1. The number of rotatable bonds is 5. The first-order valence-corrected chi connectivity index (χ1v) is 9.42. The Hall–Kier alpha value is -0.980. The summed E-state index contributed by atoms with van der Waals surface area (Å²) in [4.78, 5) is 5.18. The predicted molar refractivity (Wildman–Crippen MR) is 100.0 cm³/mol. The lowest BCUT2D eigenvalue weighted by molar-refractivity contribution is 0.354. The van der Waals surface area contributed by atoms with Crippen molar-refractivity contribution >= 4 is 35.1 Å². The van der Waals surface area contributed by atoms with Gasteiger partial charge in [0.2, 0.25) is 0 Å². The number of nitrogens with zero attached hydrogens (tertiary/aromatic N) is 1. The molecule has 2 aromatic rings. The summed E-state index contributed by atoms with van der Waals surface area (Å²) in [5, 5.41) is 14.7. The van der Waals surface area contributed by atoms with Crippen molar-refractivity contribution in [3.8, 4) is 5.75 Å². The van der Waals surface area contributed by atoms with Gasteiger partial charge in [-0.3, -0.25) is 9.71 Å². The molecule has 1 fully saturated rings. The quantitative estimate of drug-likeness (QED) is 0.674. The van der Waals surface area contributed by atoms with Gasteiger partial charge in [0.1, 0.15) is 5.75 Å². The third-order valence-corrected chi connectivity index (χ3v) is 5.77. The number of hydrogen-bond donors (Lipinski definition) is 3. The molecule has 0 saturated carbocycles. The Balaban J connectivity index is 1.60. The molecule has 0 aliphatic carbocycles. The summed E-state index contributed by atoms with van der Waals surface area (Å²) >= 11 is 14.0. The van der Waals surface area contributed by atoms with Gasteiger partial charge in [0, 0.05) is 35.4 Å². The summed E-state index contributed by atoms with van der Waals surface area (Å²) in [6.07, 6.45) is 5.42.